The molecule has 0 aromatic carbocycles. The molecule has 0 N–H and O–H groups in total. The van der Waals surface area contributed by atoms with Crippen molar-refractivity contribution in [3.8, 4) is 0 Å². The number of aryl methyl sites for hydroxylation is 1. The minimum Gasteiger partial charge on any atom is -0.309 e. The molecule has 1 aromatic heterocycles. The third-order valence-corrected chi connectivity index (χ3v) is 5.51. The van der Waals surface area contributed by atoms with Crippen LogP contribution in [-0.2, 0) is 20.0 Å². The van der Waals surface area contributed by atoms with Gasteiger partial charge in [0.25, 0.3) is 0 Å². The van der Waals surface area contributed by atoms with E-state index in [1.165, 1.54) is 0 Å². The summed E-state index contributed by atoms with van der Waals surface area (Å²) in [7, 11) is -2.93. The average molecular weight is 299 g/mol. The molecule has 20 heavy (non-hydrogen) atoms. The largest absolute Gasteiger partial charge is 0.330 e. The first-order chi connectivity index (χ1) is 9.63. The van der Waals surface area contributed by atoms with Crippen LogP contribution in [0.3, 0.4) is 0 Å². The molecular weight excluding hydrogens is 273 g/mol. The van der Waals surface area contributed by atoms with Crippen molar-refractivity contribution in [3.05, 3.63) is 30.1 Å². The molecule has 4 nitrogen and oxygen atoms in total. The van der Waals surface area contributed by atoms with E-state index in [1.807, 2.05) is 38.2 Å². The van der Waals surface area contributed by atoms with Gasteiger partial charge in [0.05, 0.1) is 19.4 Å². The molecule has 1 heterocycles. The van der Waals surface area contributed by atoms with Crippen LogP contribution in [0.4, 0.5) is 0 Å². The summed E-state index contributed by atoms with van der Waals surface area (Å²) in [5.74, 6) is 0.334. The fourth-order valence-corrected chi connectivity index (χ4v) is 4.32. The van der Waals surface area contributed by atoms with Crippen molar-refractivity contribution >= 4 is 7.60 Å². The van der Waals surface area contributed by atoms with Gasteiger partial charge in [0.2, 0.25) is 0 Å². The van der Waals surface area contributed by atoms with E-state index in [9.17, 15) is 4.57 Å². The highest BCUT2D eigenvalue weighted by Crippen LogP contribution is 2.50. The van der Waals surface area contributed by atoms with Crippen LogP contribution < -0.4 is 0 Å². The third kappa shape index (κ3) is 6.17. The Morgan fingerprint density at radius 2 is 1.90 bits per heavy atom. The van der Waals surface area contributed by atoms with E-state index in [2.05, 4.69) is 11.9 Å². The maximum absolute atomic E-state index is 12.5. The van der Waals surface area contributed by atoms with E-state index in [0.29, 0.717) is 25.3 Å². The Balaban J connectivity index is 2.54. The molecule has 0 aliphatic heterocycles. The van der Waals surface area contributed by atoms with Crippen molar-refractivity contribution in [2.75, 3.05) is 19.4 Å². The summed E-state index contributed by atoms with van der Waals surface area (Å²) in [6, 6.07) is 5.94. The first-order valence-corrected chi connectivity index (χ1v) is 9.14. The van der Waals surface area contributed by atoms with Gasteiger partial charge in [-0.1, -0.05) is 19.4 Å². The van der Waals surface area contributed by atoms with Crippen LogP contribution in [0.1, 0.15) is 39.3 Å². The van der Waals surface area contributed by atoms with E-state index in [-0.39, 0.29) is 0 Å². The summed E-state index contributed by atoms with van der Waals surface area (Å²) in [4.78, 5) is 4.32. The van der Waals surface area contributed by atoms with Gasteiger partial charge in [0.1, 0.15) is 0 Å². The van der Waals surface area contributed by atoms with Crippen LogP contribution >= 0.6 is 7.60 Å². The molecule has 0 radical (unpaired) electrons. The number of rotatable bonds is 10. The highest BCUT2D eigenvalue weighted by molar-refractivity contribution is 7.53. The molecule has 0 saturated carbocycles. The SMILES string of the molecule is CCOP(=O)(CC(CC)CCc1ccccn1)OCC. The standard InChI is InChI=1S/C15H26NO3P/c1-4-14(10-11-15-9-7-8-12-16-15)13-20(17,18-5-2)19-6-3/h7-9,12,14H,4-6,10-11,13H2,1-3H3. The van der Waals surface area contributed by atoms with Crippen molar-refractivity contribution < 1.29 is 13.6 Å². The third-order valence-electron chi connectivity index (χ3n) is 3.25. The zero-order valence-corrected chi connectivity index (χ0v) is 13.6. The zero-order valence-electron chi connectivity index (χ0n) is 12.7. The Bertz CT molecular complexity index is 401. The molecule has 0 bridgehead atoms. The molecule has 0 saturated heterocycles. The fraction of sp³-hybridized carbons (Fsp3) is 0.667. The van der Waals surface area contributed by atoms with Gasteiger partial charge in [-0.2, -0.15) is 0 Å². The predicted molar refractivity (Wildman–Crippen MR) is 82.1 cm³/mol. The number of hydrogen-bond donors (Lipinski definition) is 0. The molecule has 0 amide bonds. The minimum atomic E-state index is -2.93. The molecule has 0 aliphatic carbocycles. The maximum atomic E-state index is 12.5. The van der Waals surface area contributed by atoms with Gasteiger partial charge in [-0.15, -0.1) is 0 Å². The lowest BCUT2D eigenvalue weighted by atomic mass is 10.0. The predicted octanol–water partition coefficient (Wildman–Crippen LogP) is 4.31. The van der Waals surface area contributed by atoms with Crippen molar-refractivity contribution in [1.82, 2.24) is 4.98 Å². The Morgan fingerprint density at radius 3 is 2.40 bits per heavy atom. The van der Waals surface area contributed by atoms with Gasteiger partial charge in [-0.3, -0.25) is 9.55 Å². The number of nitrogens with zero attached hydrogens (tertiary/aromatic N) is 1. The lowest BCUT2D eigenvalue weighted by Gasteiger charge is -2.22. The highest BCUT2D eigenvalue weighted by atomic mass is 31.2. The van der Waals surface area contributed by atoms with Crippen molar-refractivity contribution in [3.63, 3.8) is 0 Å². The van der Waals surface area contributed by atoms with E-state index >= 15 is 0 Å². The molecule has 1 unspecified atom stereocenters. The van der Waals surface area contributed by atoms with Gasteiger partial charge in [-0.25, -0.2) is 0 Å². The molecule has 5 heteroatoms. The molecular formula is C15H26NO3P. The van der Waals surface area contributed by atoms with Crippen LogP contribution in [0.15, 0.2) is 24.4 Å². The second-order valence-corrected chi connectivity index (χ2v) is 6.87. The average Bonchev–Trinajstić information content (AvgIpc) is 2.45. The Hall–Kier alpha value is -0.700. The van der Waals surface area contributed by atoms with Crippen LogP contribution in [0.25, 0.3) is 0 Å². The smallest absolute Gasteiger partial charge is 0.309 e. The number of aromatic nitrogens is 1. The summed E-state index contributed by atoms with van der Waals surface area (Å²) in [5, 5.41) is 0. The molecule has 0 aliphatic rings. The first-order valence-electron chi connectivity index (χ1n) is 7.41. The maximum Gasteiger partial charge on any atom is 0.330 e. The summed E-state index contributed by atoms with van der Waals surface area (Å²) in [5.41, 5.74) is 1.08. The van der Waals surface area contributed by atoms with Gasteiger partial charge in [0, 0.05) is 11.9 Å². The Morgan fingerprint density at radius 1 is 1.20 bits per heavy atom. The van der Waals surface area contributed by atoms with E-state index in [0.717, 1.165) is 25.0 Å². The summed E-state index contributed by atoms with van der Waals surface area (Å²) >= 11 is 0. The Labute approximate surface area is 122 Å². The van der Waals surface area contributed by atoms with Crippen LogP contribution in [0.2, 0.25) is 0 Å². The quantitative estimate of drug-likeness (QED) is 0.604. The lowest BCUT2D eigenvalue weighted by Crippen LogP contribution is -2.11. The van der Waals surface area contributed by atoms with Gasteiger partial charge in [0.15, 0.2) is 0 Å². The molecule has 0 fully saturated rings. The molecule has 1 aromatic rings. The van der Waals surface area contributed by atoms with Crippen LogP contribution in [0.5, 0.6) is 0 Å². The van der Waals surface area contributed by atoms with Gasteiger partial charge < -0.3 is 9.05 Å². The number of hydrogen-bond acceptors (Lipinski definition) is 4. The monoisotopic (exact) mass is 299 g/mol. The number of pyridine rings is 1. The minimum absolute atomic E-state index is 0.334. The zero-order chi connectivity index (χ0) is 14.8. The van der Waals surface area contributed by atoms with Crippen LogP contribution in [-0.4, -0.2) is 24.4 Å². The fourth-order valence-electron chi connectivity index (χ4n) is 2.17. The molecule has 114 valence electrons. The Kier molecular flexibility index (Phi) is 8.05. The summed E-state index contributed by atoms with van der Waals surface area (Å²) in [6.07, 6.45) is 5.13. The van der Waals surface area contributed by atoms with E-state index in [1.54, 1.807) is 0 Å². The lowest BCUT2D eigenvalue weighted by molar-refractivity contribution is 0.214. The van der Waals surface area contributed by atoms with Crippen LogP contribution in [0, 0.1) is 5.92 Å². The van der Waals surface area contributed by atoms with Crippen molar-refractivity contribution in [1.29, 1.82) is 0 Å². The van der Waals surface area contributed by atoms with Crippen molar-refractivity contribution in [2.45, 2.75) is 40.0 Å². The van der Waals surface area contributed by atoms with E-state index in [4.69, 9.17) is 9.05 Å². The van der Waals surface area contributed by atoms with E-state index < -0.39 is 7.60 Å². The highest BCUT2D eigenvalue weighted by Gasteiger charge is 2.27. The van der Waals surface area contributed by atoms with Gasteiger partial charge >= 0.3 is 7.60 Å². The topological polar surface area (TPSA) is 48.4 Å². The first kappa shape index (κ1) is 17.4. The second-order valence-electron chi connectivity index (χ2n) is 4.76. The molecule has 1 rings (SSSR count). The molecule has 1 atom stereocenters. The van der Waals surface area contributed by atoms with Gasteiger partial charge in [-0.05, 0) is 44.7 Å². The molecule has 0 spiro atoms. The van der Waals surface area contributed by atoms with Crippen molar-refractivity contribution in [2.24, 2.45) is 5.92 Å². The summed E-state index contributed by atoms with van der Waals surface area (Å²) < 4.78 is 23.3. The summed E-state index contributed by atoms with van der Waals surface area (Å²) in [6.45, 7) is 6.66. The normalized spacial score (nSPS) is 13.3. The second kappa shape index (κ2) is 9.28.